The average molecular weight is 308 g/mol. The molecule has 0 saturated carbocycles. The van der Waals surface area contributed by atoms with E-state index in [9.17, 15) is 13.9 Å². The quantitative estimate of drug-likeness (QED) is 0.914. The maximum atomic E-state index is 13.3. The second-order valence-electron chi connectivity index (χ2n) is 5.60. The molecule has 1 aromatic heterocycles. The molecule has 1 aliphatic heterocycles. The lowest BCUT2D eigenvalue weighted by Crippen LogP contribution is -2.36. The van der Waals surface area contributed by atoms with E-state index in [1.54, 1.807) is 11.0 Å². The zero-order chi connectivity index (χ0) is 15.5. The minimum atomic E-state index is -0.933. The fraction of sp³-hybridized carbons (Fsp3) is 0.467. The van der Waals surface area contributed by atoms with E-state index in [2.05, 4.69) is 15.0 Å². The lowest BCUT2D eigenvalue weighted by Gasteiger charge is -2.26. The lowest BCUT2D eigenvalue weighted by molar-refractivity contribution is 0.100. The molecule has 0 spiro atoms. The Balaban J connectivity index is 1.64. The highest BCUT2D eigenvalue weighted by atomic mass is 19.2. The van der Waals surface area contributed by atoms with Crippen LogP contribution in [0.15, 0.2) is 30.9 Å². The smallest absolute Gasteiger partial charge is 0.159 e. The number of nitrogens with zero attached hydrogens (tertiary/aromatic N) is 4. The fourth-order valence-corrected chi connectivity index (χ4v) is 2.93. The van der Waals surface area contributed by atoms with Gasteiger partial charge in [0.15, 0.2) is 11.6 Å². The van der Waals surface area contributed by atoms with Crippen LogP contribution < -0.4 is 0 Å². The maximum Gasteiger partial charge on any atom is 0.159 e. The number of β-amino-alcohol motifs (C(OH)–C–C–N with tert-alkyl or cyclic N) is 1. The Morgan fingerprint density at radius 3 is 2.91 bits per heavy atom. The molecule has 118 valence electrons. The van der Waals surface area contributed by atoms with Crippen molar-refractivity contribution in [2.45, 2.75) is 31.5 Å². The monoisotopic (exact) mass is 308 g/mol. The first-order chi connectivity index (χ1) is 10.6. The van der Waals surface area contributed by atoms with Crippen molar-refractivity contribution in [2.75, 3.05) is 13.1 Å². The summed E-state index contributed by atoms with van der Waals surface area (Å²) in [6, 6.07) is 3.79. The molecule has 7 heteroatoms. The summed E-state index contributed by atoms with van der Waals surface area (Å²) in [4.78, 5) is 6.08. The molecule has 1 aromatic carbocycles. The van der Waals surface area contributed by atoms with Crippen LogP contribution >= 0.6 is 0 Å². The molecular formula is C15H18F2N4O. The van der Waals surface area contributed by atoms with E-state index >= 15 is 0 Å². The predicted molar refractivity (Wildman–Crippen MR) is 75.9 cm³/mol. The third-order valence-electron chi connectivity index (χ3n) is 4.10. The first kappa shape index (κ1) is 15.1. The molecule has 2 atom stereocenters. The minimum absolute atomic E-state index is 0.265. The molecule has 22 heavy (non-hydrogen) atoms. The van der Waals surface area contributed by atoms with Crippen LogP contribution in [0, 0.1) is 11.6 Å². The second-order valence-corrected chi connectivity index (χ2v) is 5.60. The lowest BCUT2D eigenvalue weighted by atomic mass is 10.1. The maximum absolute atomic E-state index is 13.3. The van der Waals surface area contributed by atoms with E-state index in [-0.39, 0.29) is 6.04 Å². The van der Waals surface area contributed by atoms with Crippen LogP contribution in [0.5, 0.6) is 0 Å². The van der Waals surface area contributed by atoms with Crippen LogP contribution in [0.25, 0.3) is 0 Å². The third kappa shape index (κ3) is 3.31. The summed E-state index contributed by atoms with van der Waals surface area (Å²) in [5.74, 6) is -1.83. The van der Waals surface area contributed by atoms with Crippen LogP contribution in [0.1, 0.15) is 24.5 Å². The second kappa shape index (κ2) is 6.50. The molecule has 1 saturated heterocycles. The molecule has 0 bridgehead atoms. The normalized spacial score (nSPS) is 20.4. The highest BCUT2D eigenvalue weighted by molar-refractivity contribution is 5.20. The molecule has 0 amide bonds. The SMILES string of the molecule is O[C@H](CN1CCC[C@@H]1Cn1cncn1)c1ccc(F)c(F)c1. The van der Waals surface area contributed by atoms with Gasteiger partial charge >= 0.3 is 0 Å². The number of hydrogen-bond donors (Lipinski definition) is 1. The molecule has 0 unspecified atom stereocenters. The zero-order valence-electron chi connectivity index (χ0n) is 12.1. The Morgan fingerprint density at radius 1 is 1.32 bits per heavy atom. The van der Waals surface area contributed by atoms with E-state index in [0.717, 1.165) is 31.5 Å². The van der Waals surface area contributed by atoms with Crippen molar-refractivity contribution >= 4 is 0 Å². The largest absolute Gasteiger partial charge is 0.387 e. The van der Waals surface area contributed by atoms with Crippen LogP contribution in [0.2, 0.25) is 0 Å². The van der Waals surface area contributed by atoms with Crippen molar-refractivity contribution in [3.05, 3.63) is 48.1 Å². The number of likely N-dealkylation sites (tertiary alicyclic amines) is 1. The molecule has 1 fully saturated rings. The number of aliphatic hydroxyl groups excluding tert-OH is 1. The summed E-state index contributed by atoms with van der Waals surface area (Å²) >= 11 is 0. The molecule has 1 aliphatic rings. The molecule has 0 aliphatic carbocycles. The number of aliphatic hydroxyl groups is 1. The van der Waals surface area contributed by atoms with Crippen molar-refractivity contribution < 1.29 is 13.9 Å². The van der Waals surface area contributed by atoms with Gasteiger partial charge in [-0.25, -0.2) is 13.8 Å². The predicted octanol–water partition coefficient (Wildman–Crippen LogP) is 1.75. The summed E-state index contributed by atoms with van der Waals surface area (Å²) in [5.41, 5.74) is 0.394. The Morgan fingerprint density at radius 2 is 2.18 bits per heavy atom. The van der Waals surface area contributed by atoms with Crippen molar-refractivity contribution in [3.63, 3.8) is 0 Å². The van der Waals surface area contributed by atoms with Crippen LogP contribution in [-0.2, 0) is 6.54 Å². The van der Waals surface area contributed by atoms with Gasteiger partial charge in [-0.05, 0) is 37.1 Å². The molecule has 0 radical (unpaired) electrons. The summed E-state index contributed by atoms with van der Waals surface area (Å²) in [6.45, 7) is 1.98. The first-order valence-electron chi connectivity index (χ1n) is 7.33. The van der Waals surface area contributed by atoms with Gasteiger partial charge < -0.3 is 5.11 Å². The number of halogens is 2. The van der Waals surface area contributed by atoms with Crippen molar-refractivity contribution in [2.24, 2.45) is 0 Å². The highest BCUT2D eigenvalue weighted by Crippen LogP contribution is 2.23. The Bertz CT molecular complexity index is 620. The number of rotatable bonds is 5. The number of aromatic nitrogens is 3. The van der Waals surface area contributed by atoms with Gasteiger partial charge in [0.25, 0.3) is 0 Å². The van der Waals surface area contributed by atoms with Crippen LogP contribution in [0.4, 0.5) is 8.78 Å². The van der Waals surface area contributed by atoms with Gasteiger partial charge in [0.2, 0.25) is 0 Å². The fourth-order valence-electron chi connectivity index (χ4n) is 2.93. The first-order valence-corrected chi connectivity index (χ1v) is 7.33. The topological polar surface area (TPSA) is 54.2 Å². The third-order valence-corrected chi connectivity index (χ3v) is 4.10. The zero-order valence-corrected chi connectivity index (χ0v) is 12.1. The van der Waals surface area contributed by atoms with Gasteiger partial charge in [-0.2, -0.15) is 5.10 Å². The Kier molecular flexibility index (Phi) is 4.44. The highest BCUT2D eigenvalue weighted by Gasteiger charge is 2.27. The number of benzene rings is 1. The Hall–Kier alpha value is -1.86. The molecule has 3 rings (SSSR count). The molecule has 5 nitrogen and oxygen atoms in total. The van der Waals surface area contributed by atoms with Gasteiger partial charge in [0, 0.05) is 12.6 Å². The van der Waals surface area contributed by atoms with E-state index in [4.69, 9.17) is 0 Å². The van der Waals surface area contributed by atoms with Crippen molar-refractivity contribution in [3.8, 4) is 0 Å². The van der Waals surface area contributed by atoms with Gasteiger partial charge in [-0.3, -0.25) is 9.58 Å². The van der Waals surface area contributed by atoms with E-state index in [1.807, 2.05) is 0 Å². The van der Waals surface area contributed by atoms with Crippen LogP contribution in [0.3, 0.4) is 0 Å². The minimum Gasteiger partial charge on any atom is -0.387 e. The number of hydrogen-bond acceptors (Lipinski definition) is 4. The van der Waals surface area contributed by atoms with E-state index in [0.29, 0.717) is 18.7 Å². The standard InChI is InChI=1S/C15H18F2N4O/c16-13-4-3-11(6-14(13)17)15(22)8-20-5-1-2-12(20)7-21-10-18-9-19-21/h3-4,6,9-10,12,15,22H,1-2,5,7-8H2/t12-,15-/m1/s1. The molecule has 2 heterocycles. The molecule has 1 N–H and O–H groups in total. The van der Waals surface area contributed by atoms with Crippen LogP contribution in [-0.4, -0.2) is 43.9 Å². The van der Waals surface area contributed by atoms with E-state index in [1.165, 1.54) is 12.4 Å². The summed E-state index contributed by atoms with van der Waals surface area (Å²) in [5, 5.41) is 14.4. The van der Waals surface area contributed by atoms with Gasteiger partial charge in [-0.15, -0.1) is 0 Å². The summed E-state index contributed by atoms with van der Waals surface area (Å²) in [7, 11) is 0. The summed E-state index contributed by atoms with van der Waals surface area (Å²) < 4.78 is 28.0. The van der Waals surface area contributed by atoms with Gasteiger partial charge in [0.1, 0.15) is 12.7 Å². The van der Waals surface area contributed by atoms with Gasteiger partial charge in [-0.1, -0.05) is 6.07 Å². The molecule has 2 aromatic rings. The summed E-state index contributed by atoms with van der Waals surface area (Å²) in [6.07, 6.45) is 4.39. The average Bonchev–Trinajstić information content (AvgIpc) is 3.15. The van der Waals surface area contributed by atoms with Crippen molar-refractivity contribution in [1.29, 1.82) is 0 Å². The van der Waals surface area contributed by atoms with E-state index < -0.39 is 17.7 Å². The Labute approximate surface area is 127 Å². The van der Waals surface area contributed by atoms with Gasteiger partial charge in [0.05, 0.1) is 12.6 Å². The van der Waals surface area contributed by atoms with Crippen molar-refractivity contribution in [1.82, 2.24) is 19.7 Å². The molecular weight excluding hydrogens is 290 g/mol.